The Morgan fingerprint density at radius 2 is 1.19 bits per heavy atom. The molecule has 0 radical (unpaired) electrons. The number of carbonyl (C=O) groups excluding carboxylic acids is 2. The lowest BCUT2D eigenvalue weighted by Gasteiger charge is -2.66. The molecule has 29 atom stereocenters. The number of ether oxygens (including phenoxy) is 13. The van der Waals surface area contributed by atoms with Crippen LogP contribution in [-0.4, -0.2) is 226 Å². The van der Waals surface area contributed by atoms with E-state index in [2.05, 4.69) is 13.0 Å². The number of hydrogen-bond acceptors (Lipinski definition) is 23. The Morgan fingerprint density at radius 3 is 1.70 bits per heavy atom. The van der Waals surface area contributed by atoms with Gasteiger partial charge in [-0.25, -0.2) is 4.79 Å². The van der Waals surface area contributed by atoms with Gasteiger partial charge in [-0.05, 0) is 98.8 Å². The van der Waals surface area contributed by atoms with E-state index < -0.39 is 182 Å². The van der Waals surface area contributed by atoms with Crippen molar-refractivity contribution in [3.8, 4) is 0 Å². The molecule has 5 saturated heterocycles. The smallest absolute Gasteiger partial charge is 0.333 e. The van der Waals surface area contributed by atoms with E-state index in [1.165, 1.54) is 14.0 Å². The second-order valence-electron chi connectivity index (χ2n) is 25.1. The van der Waals surface area contributed by atoms with Crippen LogP contribution in [0, 0.1) is 22.7 Å². The van der Waals surface area contributed by atoms with Crippen LogP contribution in [0.5, 0.6) is 0 Å². The maximum absolute atomic E-state index is 13.4. The first-order valence-electron chi connectivity index (χ1n) is 29.3. The number of aliphatic hydroxyl groups excluding tert-OH is 6. The second-order valence-corrected chi connectivity index (χ2v) is 25.1. The first kappa shape index (κ1) is 63.3. The highest BCUT2D eigenvalue weighted by Crippen LogP contribution is 2.70. The van der Waals surface area contributed by atoms with Crippen molar-refractivity contribution < 1.29 is 112 Å². The number of fused-ring (bicyclic) bond motifs is 5. The maximum atomic E-state index is 13.4. The zero-order chi connectivity index (χ0) is 58.8. The van der Waals surface area contributed by atoms with E-state index >= 15 is 0 Å². The summed E-state index contributed by atoms with van der Waals surface area (Å²) in [6.45, 7) is 15.4. The average Bonchev–Trinajstić information content (AvgIpc) is 4.02. The fraction of sp³-hybridized carbons (Fsp3) is 0.897. The van der Waals surface area contributed by atoms with E-state index in [9.17, 15) is 50.4 Å². The van der Waals surface area contributed by atoms with Crippen LogP contribution in [0.4, 0.5) is 0 Å². The zero-order valence-corrected chi connectivity index (χ0v) is 48.8. The average molecular weight is 1160 g/mol. The van der Waals surface area contributed by atoms with Crippen LogP contribution in [0.1, 0.15) is 133 Å². The minimum absolute atomic E-state index is 0.00455. The van der Waals surface area contributed by atoms with Crippen LogP contribution in [0.25, 0.3) is 0 Å². The van der Waals surface area contributed by atoms with Crippen LogP contribution in [0.15, 0.2) is 23.3 Å². The predicted octanol–water partition coefficient (Wildman–Crippen LogP) is 1.89. The molecule has 8 N–H and O–H groups in total. The van der Waals surface area contributed by atoms with Crippen molar-refractivity contribution in [2.75, 3.05) is 20.8 Å². The first-order chi connectivity index (χ1) is 38.2. The number of esters is 1. The van der Waals surface area contributed by atoms with Gasteiger partial charge in [-0.1, -0.05) is 31.6 Å². The summed E-state index contributed by atoms with van der Waals surface area (Å²) in [6, 6.07) is 0. The molecule has 0 spiro atoms. The topological polar surface area (TPSA) is 316 Å². The van der Waals surface area contributed by atoms with E-state index in [0.29, 0.717) is 44.1 Å². The molecule has 9 aliphatic rings. The molecule has 0 aromatic rings. The Balaban J connectivity index is 0.754. The number of hydrogen-bond donors (Lipinski definition) is 8. The second kappa shape index (κ2) is 24.9. The number of carbonyl (C=O) groups is 2. The Bertz CT molecular complexity index is 2230. The molecule has 0 bridgehead atoms. The van der Waals surface area contributed by atoms with Crippen LogP contribution < -0.4 is 0 Å². The maximum Gasteiger partial charge on any atom is 0.333 e. The van der Waals surface area contributed by atoms with Crippen LogP contribution in [0.3, 0.4) is 0 Å². The fourth-order valence-electron chi connectivity index (χ4n) is 15.6. The molecular formula is C58H92O23. The van der Waals surface area contributed by atoms with Gasteiger partial charge < -0.3 is 102 Å². The zero-order valence-electron chi connectivity index (χ0n) is 48.8. The number of aliphatic hydroxyl groups is 8. The number of methoxy groups -OCH3 is 2. The normalized spacial score (nSPS) is 51.3. The molecular weight excluding hydrogens is 1060 g/mol. The van der Waals surface area contributed by atoms with Crippen molar-refractivity contribution in [1.82, 2.24) is 0 Å². The molecule has 3 saturated carbocycles. The van der Waals surface area contributed by atoms with E-state index in [1.54, 1.807) is 47.8 Å². The van der Waals surface area contributed by atoms with E-state index in [0.717, 1.165) is 5.57 Å². The highest BCUT2D eigenvalue weighted by molar-refractivity contribution is 5.88. The van der Waals surface area contributed by atoms with Crippen LogP contribution >= 0.6 is 0 Å². The summed E-state index contributed by atoms with van der Waals surface area (Å²) in [5.41, 5.74) is -3.45. The fourth-order valence-corrected chi connectivity index (χ4v) is 15.6. The van der Waals surface area contributed by atoms with Crippen molar-refractivity contribution >= 4 is 11.8 Å². The third kappa shape index (κ3) is 11.7. The minimum Gasteiger partial charge on any atom is -0.458 e. The Hall–Kier alpha value is -2.18. The number of ketones is 1. The molecule has 0 aromatic carbocycles. The molecule has 23 heteroatoms. The van der Waals surface area contributed by atoms with Gasteiger partial charge in [0.25, 0.3) is 0 Å². The summed E-state index contributed by atoms with van der Waals surface area (Å²) < 4.78 is 80.5. The molecule has 0 aromatic heterocycles. The van der Waals surface area contributed by atoms with E-state index in [1.807, 2.05) is 13.8 Å². The first-order valence-corrected chi connectivity index (χ1v) is 29.3. The minimum atomic E-state index is -1.68. The highest BCUT2D eigenvalue weighted by atomic mass is 16.8. The molecule has 4 aliphatic carbocycles. The van der Waals surface area contributed by atoms with E-state index in [4.69, 9.17) is 61.6 Å². The monoisotopic (exact) mass is 1160 g/mol. The molecule has 5 heterocycles. The van der Waals surface area contributed by atoms with Gasteiger partial charge in [-0.3, -0.25) is 4.79 Å². The summed E-state index contributed by atoms with van der Waals surface area (Å²) in [4.78, 5) is 26.6. The van der Waals surface area contributed by atoms with Gasteiger partial charge in [0.2, 0.25) is 0 Å². The lowest BCUT2D eigenvalue weighted by molar-refractivity contribution is -0.357. The van der Waals surface area contributed by atoms with Crippen LogP contribution in [-0.2, 0) is 71.2 Å². The third-order valence-corrected chi connectivity index (χ3v) is 20.5. The quantitative estimate of drug-likeness (QED) is 0.0622. The Morgan fingerprint density at radius 1 is 0.667 bits per heavy atom. The molecule has 81 heavy (non-hydrogen) atoms. The largest absolute Gasteiger partial charge is 0.458 e. The van der Waals surface area contributed by atoms with Crippen molar-refractivity contribution in [2.24, 2.45) is 22.7 Å². The van der Waals surface area contributed by atoms with Gasteiger partial charge in [0.15, 0.2) is 31.5 Å². The summed E-state index contributed by atoms with van der Waals surface area (Å²) in [6.07, 6.45) is -13.3. The van der Waals surface area contributed by atoms with Crippen molar-refractivity contribution in [1.29, 1.82) is 0 Å². The molecule has 8 fully saturated rings. The van der Waals surface area contributed by atoms with Crippen molar-refractivity contribution in [2.45, 2.75) is 285 Å². The summed E-state index contributed by atoms with van der Waals surface area (Å²) >= 11 is 0. The number of Topliss-reactive ketones (excluding diaryl/α,β-unsaturated/α-hetero) is 1. The lowest BCUT2D eigenvalue weighted by atomic mass is 9.43. The third-order valence-electron chi connectivity index (χ3n) is 20.5. The van der Waals surface area contributed by atoms with E-state index in [-0.39, 0.29) is 44.0 Å². The molecule has 23 nitrogen and oxygen atoms in total. The van der Waals surface area contributed by atoms with Gasteiger partial charge in [0.1, 0.15) is 71.9 Å². The molecule has 0 unspecified atom stereocenters. The number of allylic oxidation sites excluding steroid dienone is 1. The predicted molar refractivity (Wildman–Crippen MR) is 281 cm³/mol. The lowest BCUT2D eigenvalue weighted by Crippen LogP contribution is -2.75. The van der Waals surface area contributed by atoms with Gasteiger partial charge in [0, 0.05) is 62.7 Å². The summed E-state index contributed by atoms with van der Waals surface area (Å²) in [7, 11) is 3.07. The SMILES string of the molecule is C/C=C(\C)C(=O)O[C@@H]1C[C@@H]2[C@@]3(C)CC[C@H](O[C@H]4C[C@H](OC)[C@H](O[C@H]5C[C@H](O)[C@H](O[C@H]6C[C@@H](O)[C@H](O[C@H]7C[C@H](OC)[C@H](O[C@@H]8O[C@H](CO)[C@@H](O)[C@H](O)[C@H]8O)[C@@H](C)O7)[C@@H](C)O6)[C@@H](C)O5)[C@@H](C)O4)CC3=CC[C@@]2(O)[C@@]2(O)CC[C@H](C(C)=O)[C@@]12C. The van der Waals surface area contributed by atoms with Gasteiger partial charge in [-0.15, -0.1) is 0 Å². The van der Waals surface area contributed by atoms with Crippen molar-refractivity contribution in [3.05, 3.63) is 23.3 Å². The Labute approximate surface area is 474 Å². The van der Waals surface area contributed by atoms with Gasteiger partial charge in [0.05, 0.1) is 61.5 Å². The summed E-state index contributed by atoms with van der Waals surface area (Å²) in [5.74, 6) is -1.64. The molecule has 462 valence electrons. The summed E-state index contributed by atoms with van der Waals surface area (Å²) in [5, 5.41) is 89.4. The highest BCUT2D eigenvalue weighted by Gasteiger charge is 2.77. The molecule has 0 amide bonds. The van der Waals surface area contributed by atoms with Gasteiger partial charge in [-0.2, -0.15) is 0 Å². The number of rotatable bonds is 16. The molecule has 5 aliphatic heterocycles. The molecule has 9 rings (SSSR count). The standard InChI is InChI=1S/C58H92O23/c1-12-26(2)53(66)77-41-24-40-55(8)16-14-33(19-32(55)13-17-57(40,67)58(68)18-15-34(27(3)60)56(41,58)9)75-44-22-37(69-10)51(30(6)73-44)80-43-21-36(62)49(28(4)72-43)78-42-20-35(61)50(29(5)71-42)79-45-23-38(70-11)52(31(7)74-45)81-54-48(65)47(64)46(63)39(25-59)76-54/h12-13,28-31,33-52,54,59,61-65,67-68H,14-25H2,1-11H3/b26-12+/t28-,29-,30-,31-,33+,34-,35-,36+,37+,38+,39-,40-,41-,42+,43+,44+,45+,46-,47+,48-,49-,50-,51-,52-,54+,55+,56+,57+,58-/m1/s1. The van der Waals surface area contributed by atoms with Gasteiger partial charge >= 0.3 is 5.97 Å². The Kier molecular flexibility index (Phi) is 19.5. The van der Waals surface area contributed by atoms with Crippen LogP contribution in [0.2, 0.25) is 0 Å². The van der Waals surface area contributed by atoms with Crippen molar-refractivity contribution in [3.63, 3.8) is 0 Å².